The predicted octanol–water partition coefficient (Wildman–Crippen LogP) is 5.29. The van der Waals surface area contributed by atoms with Crippen molar-refractivity contribution < 1.29 is 27.6 Å². The highest BCUT2D eigenvalue weighted by Gasteiger charge is 2.61. The van der Waals surface area contributed by atoms with Gasteiger partial charge in [-0.1, -0.05) is 73.6 Å². The minimum absolute atomic E-state index is 0.119. The molecule has 2 fully saturated rings. The molecule has 2 aliphatic heterocycles. The number of amides is 1. The molecule has 1 amide bonds. The summed E-state index contributed by atoms with van der Waals surface area (Å²) in [5.41, 5.74) is 1.95. The van der Waals surface area contributed by atoms with Crippen LogP contribution >= 0.6 is 0 Å². The van der Waals surface area contributed by atoms with Crippen LogP contribution < -0.4 is 5.32 Å². The normalized spacial score (nSPS) is 25.6. The molecule has 13 heteroatoms. The molecule has 0 aliphatic carbocycles. The van der Waals surface area contributed by atoms with E-state index >= 15 is 0 Å². The van der Waals surface area contributed by atoms with Crippen LogP contribution in [-0.2, 0) is 17.7 Å². The molecule has 4 heterocycles. The first-order valence-corrected chi connectivity index (χ1v) is 18.7. The van der Waals surface area contributed by atoms with Crippen LogP contribution in [0.2, 0.25) is 22.2 Å². The second-order valence-corrected chi connectivity index (χ2v) is 21.3. The van der Waals surface area contributed by atoms with Gasteiger partial charge in [0, 0.05) is 5.56 Å². The van der Waals surface area contributed by atoms with Gasteiger partial charge < -0.3 is 28.1 Å². The van der Waals surface area contributed by atoms with Crippen LogP contribution in [0.4, 0.5) is 5.82 Å². The third-order valence-electron chi connectivity index (χ3n) is 8.54. The van der Waals surface area contributed by atoms with E-state index in [1.54, 1.807) is 35.2 Å². The molecule has 4 atom stereocenters. The third kappa shape index (κ3) is 5.25. The molecule has 0 radical (unpaired) electrons. The lowest BCUT2D eigenvalue weighted by molar-refractivity contribution is -0.0570. The van der Waals surface area contributed by atoms with Crippen molar-refractivity contribution in [2.75, 3.05) is 11.9 Å². The third-order valence-corrected chi connectivity index (χ3v) is 18.8. The zero-order chi connectivity index (χ0) is 30.4. The second-order valence-electron chi connectivity index (χ2n) is 12.5. The number of benzene rings is 1. The smallest absolute Gasteiger partial charge is 0.335 e. The Morgan fingerprint density at radius 1 is 0.952 bits per heavy atom. The Labute approximate surface area is 249 Å². The van der Waals surface area contributed by atoms with Crippen molar-refractivity contribution in [3.05, 3.63) is 48.5 Å². The van der Waals surface area contributed by atoms with E-state index in [1.165, 1.54) is 6.33 Å². The zero-order valence-electron chi connectivity index (χ0n) is 25.6. The van der Waals surface area contributed by atoms with E-state index in [2.05, 4.69) is 75.7 Å². The highest BCUT2D eigenvalue weighted by Crippen LogP contribution is 2.48. The molecule has 0 bridgehead atoms. The molecule has 3 aromatic rings. The molecular weight excluding hydrogens is 571 g/mol. The van der Waals surface area contributed by atoms with E-state index < -0.39 is 41.7 Å². The van der Waals surface area contributed by atoms with Gasteiger partial charge >= 0.3 is 17.1 Å². The van der Waals surface area contributed by atoms with Crippen molar-refractivity contribution >= 4 is 40.0 Å². The molecule has 2 aromatic heterocycles. The molecule has 0 saturated carbocycles. The number of hydrogen-bond acceptors (Lipinski definition) is 9. The van der Waals surface area contributed by atoms with Crippen molar-refractivity contribution in [1.29, 1.82) is 0 Å². The Balaban J connectivity index is 1.49. The first kappa shape index (κ1) is 30.9. The second kappa shape index (κ2) is 11.9. The number of anilines is 1. The molecule has 2 saturated heterocycles. The fraction of sp³-hybridized carbons (Fsp3) is 0.586. The summed E-state index contributed by atoms with van der Waals surface area (Å²) in [6.45, 7) is 17.5. The van der Waals surface area contributed by atoms with Gasteiger partial charge in [-0.2, -0.15) is 0 Å². The topological polar surface area (TPSA) is 130 Å². The summed E-state index contributed by atoms with van der Waals surface area (Å²) < 4.78 is 29.3. The molecule has 11 nitrogen and oxygen atoms in total. The van der Waals surface area contributed by atoms with Gasteiger partial charge in [-0.3, -0.25) is 9.36 Å². The summed E-state index contributed by atoms with van der Waals surface area (Å²) in [7, 11) is -5.69. The van der Waals surface area contributed by atoms with Crippen LogP contribution in [0.1, 0.15) is 72.0 Å². The maximum Gasteiger partial charge on any atom is 0.335 e. The molecule has 228 valence electrons. The number of rotatable bonds is 7. The Morgan fingerprint density at radius 3 is 2.21 bits per heavy atom. The number of nitrogens with one attached hydrogen (secondary N) is 1. The standard InChI is InChI=1S/C29H43N5O6Si2/c1-17(2)41(18(3)4)37-14-22-25(39-42(40-41,19(5)6)20(7)8)24(35)29(38-22)34-16-32-23-26(30-15-31-27(23)34)33-28(36)21-12-10-9-11-13-21/h9-13,15-20,22,24-25,29,35H,14H2,1-8H3,(H,30,31,33,36). The van der Waals surface area contributed by atoms with Gasteiger partial charge in [-0.25, -0.2) is 15.0 Å². The molecule has 4 unspecified atom stereocenters. The largest absolute Gasteiger partial charge is 0.414 e. The van der Waals surface area contributed by atoms with E-state index in [-0.39, 0.29) is 40.5 Å². The Kier molecular flexibility index (Phi) is 8.74. The number of imidazole rings is 1. The SMILES string of the molecule is CC(C)[Si]1(C(C)C)OCC2OC(n3cnc4c(NC(=O)c5ccccc5)ncnc43)C(O)C2O[Si](C(C)C)(C(C)C)O1. The number of aliphatic hydroxyl groups excluding tert-OH is 1. The van der Waals surface area contributed by atoms with E-state index in [0.717, 1.165) is 0 Å². The van der Waals surface area contributed by atoms with Gasteiger partial charge in [-0.05, 0) is 34.3 Å². The summed E-state index contributed by atoms with van der Waals surface area (Å²) in [5.74, 6) is -0.0345. The molecule has 2 aliphatic rings. The summed E-state index contributed by atoms with van der Waals surface area (Å²) in [6.07, 6.45) is -0.125. The van der Waals surface area contributed by atoms with E-state index in [9.17, 15) is 9.90 Å². The lowest BCUT2D eigenvalue weighted by Gasteiger charge is -2.51. The summed E-state index contributed by atoms with van der Waals surface area (Å²) in [5, 5.41) is 14.6. The van der Waals surface area contributed by atoms with Crippen molar-refractivity contribution in [1.82, 2.24) is 19.5 Å². The van der Waals surface area contributed by atoms with Crippen LogP contribution in [0.3, 0.4) is 0 Å². The quantitative estimate of drug-likeness (QED) is 0.341. The number of carbonyl (C=O) groups excluding carboxylic acids is 1. The van der Waals surface area contributed by atoms with Crippen molar-refractivity contribution in [2.24, 2.45) is 0 Å². The lowest BCUT2D eigenvalue weighted by Crippen LogP contribution is -2.65. The first-order chi connectivity index (χ1) is 19.9. The van der Waals surface area contributed by atoms with Crippen molar-refractivity contribution in [3.63, 3.8) is 0 Å². The van der Waals surface area contributed by atoms with Crippen LogP contribution in [0.15, 0.2) is 43.0 Å². The average molecular weight is 614 g/mol. The molecular formula is C29H43N5O6Si2. The number of nitrogens with zero attached hydrogens (tertiary/aromatic N) is 4. The highest BCUT2D eigenvalue weighted by molar-refractivity contribution is 6.84. The molecule has 5 rings (SSSR count). The maximum absolute atomic E-state index is 12.8. The van der Waals surface area contributed by atoms with E-state index in [1.807, 2.05) is 6.07 Å². The lowest BCUT2D eigenvalue weighted by atomic mass is 10.1. The summed E-state index contributed by atoms with van der Waals surface area (Å²) in [4.78, 5) is 26.0. The molecule has 1 aromatic carbocycles. The Morgan fingerprint density at radius 2 is 1.60 bits per heavy atom. The van der Waals surface area contributed by atoms with Gasteiger partial charge in [-0.15, -0.1) is 0 Å². The Bertz CT molecular complexity index is 1390. The number of aliphatic hydroxyl groups is 1. The predicted molar refractivity (Wildman–Crippen MR) is 163 cm³/mol. The number of aromatic nitrogens is 4. The number of ether oxygens (including phenoxy) is 1. The fourth-order valence-corrected chi connectivity index (χ4v) is 17.5. The van der Waals surface area contributed by atoms with Crippen LogP contribution in [0.5, 0.6) is 0 Å². The average Bonchev–Trinajstić information content (AvgIpc) is 3.49. The van der Waals surface area contributed by atoms with E-state index in [4.69, 9.17) is 17.7 Å². The van der Waals surface area contributed by atoms with Crippen molar-refractivity contribution in [2.45, 2.75) is 102 Å². The zero-order valence-corrected chi connectivity index (χ0v) is 27.6. The minimum atomic E-state index is -2.94. The first-order valence-electron chi connectivity index (χ1n) is 14.8. The van der Waals surface area contributed by atoms with Gasteiger partial charge in [0.25, 0.3) is 5.91 Å². The van der Waals surface area contributed by atoms with Crippen molar-refractivity contribution in [3.8, 4) is 0 Å². The van der Waals surface area contributed by atoms with Gasteiger partial charge in [0.05, 0.1) is 12.9 Å². The number of hydrogen-bond donors (Lipinski definition) is 2. The maximum atomic E-state index is 12.8. The minimum Gasteiger partial charge on any atom is -0.414 e. The Hall–Kier alpha value is -2.53. The van der Waals surface area contributed by atoms with E-state index in [0.29, 0.717) is 16.7 Å². The fourth-order valence-electron chi connectivity index (χ4n) is 6.27. The molecule has 2 N–H and O–H groups in total. The molecule has 42 heavy (non-hydrogen) atoms. The van der Waals surface area contributed by atoms with Crippen LogP contribution in [0, 0.1) is 0 Å². The van der Waals surface area contributed by atoms with Crippen LogP contribution in [0.25, 0.3) is 11.2 Å². The summed E-state index contributed by atoms with van der Waals surface area (Å²) >= 11 is 0. The van der Waals surface area contributed by atoms with Gasteiger partial charge in [0.2, 0.25) is 0 Å². The van der Waals surface area contributed by atoms with Gasteiger partial charge in [0.15, 0.2) is 23.2 Å². The number of carbonyl (C=O) groups is 1. The molecule has 0 spiro atoms. The van der Waals surface area contributed by atoms with Gasteiger partial charge in [0.1, 0.15) is 24.6 Å². The number of fused-ring (bicyclic) bond motifs is 2. The highest BCUT2D eigenvalue weighted by atomic mass is 28.5. The monoisotopic (exact) mass is 613 g/mol. The summed E-state index contributed by atoms with van der Waals surface area (Å²) in [6, 6.07) is 8.88. The van der Waals surface area contributed by atoms with Crippen LogP contribution in [-0.4, -0.2) is 72.6 Å².